The zero-order chi connectivity index (χ0) is 13.4. The van der Waals surface area contributed by atoms with Crippen molar-refractivity contribution in [2.75, 3.05) is 6.54 Å². The Morgan fingerprint density at radius 3 is 3.05 bits per heavy atom. The van der Waals surface area contributed by atoms with E-state index in [-0.39, 0.29) is 5.56 Å². The Kier molecular flexibility index (Phi) is 3.20. The van der Waals surface area contributed by atoms with Crippen molar-refractivity contribution in [2.24, 2.45) is 0 Å². The van der Waals surface area contributed by atoms with E-state index in [4.69, 9.17) is 0 Å². The molecule has 0 fully saturated rings. The molecule has 0 amide bonds. The number of aryl methyl sites for hydroxylation is 2. The molecule has 1 N–H and O–H groups in total. The van der Waals surface area contributed by atoms with Crippen LogP contribution in [0.15, 0.2) is 11.1 Å². The highest BCUT2D eigenvalue weighted by Gasteiger charge is 2.15. The third kappa shape index (κ3) is 2.33. The number of aromatic nitrogens is 3. The molecule has 0 saturated carbocycles. The maximum absolute atomic E-state index is 12.4. The van der Waals surface area contributed by atoms with Crippen LogP contribution in [0.25, 0.3) is 0 Å². The predicted molar refractivity (Wildman–Crippen MR) is 74.6 cm³/mol. The molecule has 0 radical (unpaired) electrons. The molecule has 3 rings (SSSR count). The molecule has 1 aliphatic rings. The van der Waals surface area contributed by atoms with Gasteiger partial charge in [-0.3, -0.25) is 9.36 Å². The highest BCUT2D eigenvalue weighted by molar-refractivity contribution is 7.11. The van der Waals surface area contributed by atoms with Crippen LogP contribution in [0.5, 0.6) is 0 Å². The average Bonchev–Trinajstić information content (AvgIpc) is 2.72. The highest BCUT2D eigenvalue weighted by atomic mass is 32.1. The van der Waals surface area contributed by atoms with Crippen LogP contribution in [0.2, 0.25) is 0 Å². The van der Waals surface area contributed by atoms with Gasteiger partial charge in [-0.25, -0.2) is 9.97 Å². The van der Waals surface area contributed by atoms with Gasteiger partial charge in [0.05, 0.1) is 24.3 Å². The minimum atomic E-state index is 0.0806. The third-order valence-electron chi connectivity index (χ3n) is 3.44. The Balaban J connectivity index is 1.95. The fourth-order valence-corrected chi connectivity index (χ4v) is 3.19. The molecular weight excluding hydrogens is 260 g/mol. The minimum Gasteiger partial charge on any atom is -0.311 e. The molecule has 0 bridgehead atoms. The normalized spacial score (nSPS) is 14.4. The SMILES string of the molecule is Cc1nc(Cn2cnc3c(c2=O)CCNC3)sc1C. The van der Waals surface area contributed by atoms with Gasteiger partial charge >= 0.3 is 0 Å². The Morgan fingerprint density at radius 1 is 1.47 bits per heavy atom. The Bertz CT molecular complexity index is 654. The molecule has 3 heterocycles. The van der Waals surface area contributed by atoms with Crippen LogP contribution < -0.4 is 10.9 Å². The maximum atomic E-state index is 12.4. The lowest BCUT2D eigenvalue weighted by atomic mass is 10.1. The van der Waals surface area contributed by atoms with Crippen LogP contribution in [-0.2, 0) is 19.5 Å². The van der Waals surface area contributed by atoms with Gasteiger partial charge in [0.25, 0.3) is 5.56 Å². The number of thiazole rings is 1. The first-order valence-corrected chi connectivity index (χ1v) is 7.17. The average molecular weight is 276 g/mol. The summed E-state index contributed by atoms with van der Waals surface area (Å²) in [6.07, 6.45) is 2.40. The van der Waals surface area contributed by atoms with Gasteiger partial charge in [0.2, 0.25) is 0 Å². The van der Waals surface area contributed by atoms with E-state index >= 15 is 0 Å². The summed E-state index contributed by atoms with van der Waals surface area (Å²) < 4.78 is 1.67. The summed E-state index contributed by atoms with van der Waals surface area (Å²) in [4.78, 5) is 22.4. The number of rotatable bonds is 2. The quantitative estimate of drug-likeness (QED) is 0.889. The Hall–Kier alpha value is -1.53. The van der Waals surface area contributed by atoms with E-state index in [2.05, 4.69) is 22.2 Å². The molecule has 100 valence electrons. The van der Waals surface area contributed by atoms with Gasteiger partial charge in [0, 0.05) is 17.0 Å². The summed E-state index contributed by atoms with van der Waals surface area (Å²) in [5.74, 6) is 0. The van der Waals surface area contributed by atoms with Crippen molar-refractivity contribution in [1.82, 2.24) is 19.9 Å². The summed E-state index contributed by atoms with van der Waals surface area (Å²) in [5, 5.41) is 4.19. The molecule has 6 heteroatoms. The molecule has 2 aromatic heterocycles. The zero-order valence-corrected chi connectivity index (χ0v) is 11.9. The molecule has 1 aliphatic heterocycles. The standard InChI is InChI=1S/C13H16N4OS/c1-8-9(2)19-12(16-8)6-17-7-15-11-5-14-4-3-10(11)13(17)18/h7,14H,3-6H2,1-2H3. The molecule has 0 atom stereocenters. The fourth-order valence-electron chi connectivity index (χ4n) is 2.26. The van der Waals surface area contributed by atoms with E-state index in [0.717, 1.165) is 34.9 Å². The van der Waals surface area contributed by atoms with Crippen molar-refractivity contribution in [3.05, 3.63) is 43.5 Å². The van der Waals surface area contributed by atoms with E-state index in [0.29, 0.717) is 13.1 Å². The van der Waals surface area contributed by atoms with Gasteiger partial charge in [-0.05, 0) is 26.8 Å². The van der Waals surface area contributed by atoms with Gasteiger partial charge in [0.1, 0.15) is 5.01 Å². The van der Waals surface area contributed by atoms with Gasteiger partial charge in [0.15, 0.2) is 0 Å². The summed E-state index contributed by atoms with van der Waals surface area (Å²) in [6, 6.07) is 0. The summed E-state index contributed by atoms with van der Waals surface area (Å²) in [7, 11) is 0. The number of nitrogens with one attached hydrogen (secondary N) is 1. The largest absolute Gasteiger partial charge is 0.311 e. The molecule has 2 aromatic rings. The number of fused-ring (bicyclic) bond motifs is 1. The van der Waals surface area contributed by atoms with Gasteiger partial charge < -0.3 is 5.32 Å². The lowest BCUT2D eigenvalue weighted by Gasteiger charge is -2.16. The lowest BCUT2D eigenvalue weighted by molar-refractivity contribution is 0.596. The first kappa shape index (κ1) is 12.5. The Morgan fingerprint density at radius 2 is 2.32 bits per heavy atom. The zero-order valence-electron chi connectivity index (χ0n) is 11.1. The first-order chi connectivity index (χ1) is 9.15. The minimum absolute atomic E-state index is 0.0806. The van der Waals surface area contributed by atoms with E-state index < -0.39 is 0 Å². The molecule has 0 spiro atoms. The molecule has 0 aliphatic carbocycles. The number of hydrogen-bond acceptors (Lipinski definition) is 5. The molecule has 0 unspecified atom stereocenters. The van der Waals surface area contributed by atoms with Crippen LogP contribution >= 0.6 is 11.3 Å². The van der Waals surface area contributed by atoms with Crippen LogP contribution in [0.1, 0.15) is 26.8 Å². The monoisotopic (exact) mass is 276 g/mol. The van der Waals surface area contributed by atoms with Crippen molar-refractivity contribution < 1.29 is 0 Å². The fraction of sp³-hybridized carbons (Fsp3) is 0.462. The molecule has 0 saturated heterocycles. The van der Waals surface area contributed by atoms with Gasteiger partial charge in [-0.15, -0.1) is 11.3 Å². The molecule has 0 aromatic carbocycles. The Labute approximate surface area is 115 Å². The molecule has 5 nitrogen and oxygen atoms in total. The van der Waals surface area contributed by atoms with Gasteiger partial charge in [-0.2, -0.15) is 0 Å². The van der Waals surface area contributed by atoms with Crippen molar-refractivity contribution >= 4 is 11.3 Å². The van der Waals surface area contributed by atoms with E-state index in [1.165, 1.54) is 4.88 Å². The first-order valence-electron chi connectivity index (χ1n) is 6.36. The topological polar surface area (TPSA) is 59.8 Å². The number of hydrogen-bond donors (Lipinski definition) is 1. The van der Waals surface area contributed by atoms with Gasteiger partial charge in [-0.1, -0.05) is 0 Å². The van der Waals surface area contributed by atoms with Crippen LogP contribution in [0.3, 0.4) is 0 Å². The summed E-state index contributed by atoms with van der Waals surface area (Å²) in [5.41, 5.74) is 2.87. The second-order valence-electron chi connectivity index (χ2n) is 4.78. The maximum Gasteiger partial charge on any atom is 0.257 e. The lowest BCUT2D eigenvalue weighted by Crippen LogP contribution is -2.34. The van der Waals surface area contributed by atoms with Crippen LogP contribution in [0, 0.1) is 13.8 Å². The summed E-state index contributed by atoms with van der Waals surface area (Å²) >= 11 is 1.64. The molecular formula is C13H16N4OS. The highest BCUT2D eigenvalue weighted by Crippen LogP contribution is 2.17. The van der Waals surface area contributed by atoms with E-state index in [9.17, 15) is 4.79 Å². The number of nitrogens with zero attached hydrogens (tertiary/aromatic N) is 3. The second-order valence-corrected chi connectivity index (χ2v) is 6.07. The summed E-state index contributed by atoms with van der Waals surface area (Å²) in [6.45, 7) is 6.11. The van der Waals surface area contributed by atoms with E-state index in [1.54, 1.807) is 22.2 Å². The van der Waals surface area contributed by atoms with Crippen molar-refractivity contribution in [2.45, 2.75) is 33.4 Å². The van der Waals surface area contributed by atoms with Crippen LogP contribution in [-0.4, -0.2) is 21.1 Å². The van der Waals surface area contributed by atoms with Crippen molar-refractivity contribution in [3.63, 3.8) is 0 Å². The van der Waals surface area contributed by atoms with Crippen molar-refractivity contribution in [1.29, 1.82) is 0 Å². The molecule has 19 heavy (non-hydrogen) atoms. The van der Waals surface area contributed by atoms with E-state index in [1.807, 2.05) is 6.92 Å². The van der Waals surface area contributed by atoms with Crippen molar-refractivity contribution in [3.8, 4) is 0 Å². The smallest absolute Gasteiger partial charge is 0.257 e. The predicted octanol–water partition coefficient (Wildman–Crippen LogP) is 1.01. The third-order valence-corrected chi connectivity index (χ3v) is 4.50. The second kappa shape index (κ2) is 4.86. The van der Waals surface area contributed by atoms with Crippen LogP contribution in [0.4, 0.5) is 0 Å².